The second-order valence-electron chi connectivity index (χ2n) is 10.4. The van der Waals surface area contributed by atoms with Gasteiger partial charge in [-0.25, -0.2) is 0 Å². The quantitative estimate of drug-likeness (QED) is 0.723. The molecule has 4 aliphatic rings. The van der Waals surface area contributed by atoms with Crippen LogP contribution in [0.15, 0.2) is 54.6 Å². The number of rotatable bonds is 7. The zero-order valence-electron chi connectivity index (χ0n) is 19.6. The van der Waals surface area contributed by atoms with Crippen LogP contribution in [-0.4, -0.2) is 72.7 Å². The van der Waals surface area contributed by atoms with Gasteiger partial charge < -0.3 is 14.9 Å². The molecular weight excluding hydrogens is 394 g/mol. The number of aryl methyl sites for hydroxylation is 1. The summed E-state index contributed by atoms with van der Waals surface area (Å²) in [6.45, 7) is 9.05. The van der Waals surface area contributed by atoms with Crippen LogP contribution in [0.4, 0.5) is 0 Å². The Hall–Kier alpha value is -1.72. The van der Waals surface area contributed by atoms with Crippen molar-refractivity contribution in [3.8, 4) is 0 Å². The molecule has 4 heteroatoms. The fraction of sp³-hybridized carbons (Fsp3) is 0.571. The van der Waals surface area contributed by atoms with Crippen LogP contribution < -0.4 is 0 Å². The van der Waals surface area contributed by atoms with Crippen LogP contribution in [-0.2, 0) is 18.6 Å². The smallest absolute Gasteiger partial charge is 0.0942 e. The molecule has 2 aromatic carbocycles. The van der Waals surface area contributed by atoms with Gasteiger partial charge in [-0.3, -0.25) is 4.90 Å². The molecule has 0 aliphatic carbocycles. The van der Waals surface area contributed by atoms with Crippen molar-refractivity contribution in [2.45, 2.75) is 37.8 Å². The summed E-state index contributed by atoms with van der Waals surface area (Å²) < 4.78 is 0. The molecule has 0 saturated carbocycles. The first-order valence-corrected chi connectivity index (χ1v) is 12.6. The number of hydrogen-bond donors (Lipinski definition) is 1. The Morgan fingerprint density at radius 3 is 2.16 bits per heavy atom. The lowest BCUT2D eigenvalue weighted by Gasteiger charge is -2.51. The maximum atomic E-state index is 12.3. The van der Waals surface area contributed by atoms with E-state index in [2.05, 4.69) is 76.3 Å². The molecule has 2 bridgehead atoms. The Balaban J connectivity index is 1.35. The van der Waals surface area contributed by atoms with Gasteiger partial charge in [-0.15, -0.1) is 0 Å². The number of piperidine rings is 3. The number of piperazine rings is 1. The number of nitrogens with zero attached hydrogens (tertiary/aromatic N) is 3. The molecule has 2 aromatic rings. The van der Waals surface area contributed by atoms with Crippen molar-refractivity contribution in [3.05, 3.63) is 71.3 Å². The molecule has 172 valence electrons. The van der Waals surface area contributed by atoms with Crippen molar-refractivity contribution in [2.24, 2.45) is 11.8 Å². The van der Waals surface area contributed by atoms with Gasteiger partial charge in [0.25, 0.3) is 0 Å². The van der Waals surface area contributed by atoms with E-state index in [0.717, 1.165) is 57.7 Å². The van der Waals surface area contributed by atoms with Crippen LogP contribution >= 0.6 is 0 Å². The van der Waals surface area contributed by atoms with Crippen LogP contribution in [0.2, 0.25) is 0 Å². The van der Waals surface area contributed by atoms with Crippen molar-refractivity contribution in [2.75, 3.05) is 52.9 Å². The Bertz CT molecular complexity index is 871. The van der Waals surface area contributed by atoms with Gasteiger partial charge in [0.2, 0.25) is 0 Å². The molecule has 32 heavy (non-hydrogen) atoms. The van der Waals surface area contributed by atoms with Crippen LogP contribution in [0.1, 0.15) is 36.0 Å². The molecule has 2 atom stereocenters. The van der Waals surface area contributed by atoms with Gasteiger partial charge in [-0.2, -0.15) is 0 Å². The largest absolute Gasteiger partial charge is 0.385 e. The predicted molar refractivity (Wildman–Crippen MR) is 131 cm³/mol. The number of fused-ring (bicyclic) bond motifs is 3. The molecule has 4 heterocycles. The summed E-state index contributed by atoms with van der Waals surface area (Å²) >= 11 is 0. The molecule has 0 spiro atoms. The van der Waals surface area contributed by atoms with Crippen molar-refractivity contribution in [1.82, 2.24) is 14.7 Å². The van der Waals surface area contributed by atoms with Gasteiger partial charge in [0, 0.05) is 45.2 Å². The normalized spacial score (nSPS) is 28.5. The van der Waals surface area contributed by atoms with E-state index in [-0.39, 0.29) is 0 Å². The number of likely N-dealkylation sites (N-methyl/N-ethyl adjacent to an activating group) is 1. The SMILES string of the molecule is CN1CCN(Cc2ccccc2CCC(O)(c2ccccc2)C2CN3CCC2CC3)CC1. The summed E-state index contributed by atoms with van der Waals surface area (Å²) in [6, 6.07) is 19.4. The Kier molecular flexibility index (Phi) is 6.66. The average Bonchev–Trinajstić information content (AvgIpc) is 2.86. The topological polar surface area (TPSA) is 30.0 Å². The van der Waals surface area contributed by atoms with E-state index in [0.29, 0.717) is 11.8 Å². The zero-order chi connectivity index (χ0) is 22.0. The van der Waals surface area contributed by atoms with Crippen LogP contribution in [0.5, 0.6) is 0 Å². The summed E-state index contributed by atoms with van der Waals surface area (Å²) in [6.07, 6.45) is 4.20. The van der Waals surface area contributed by atoms with Crippen molar-refractivity contribution in [3.63, 3.8) is 0 Å². The highest BCUT2D eigenvalue weighted by atomic mass is 16.3. The van der Waals surface area contributed by atoms with E-state index in [1.54, 1.807) is 0 Å². The van der Waals surface area contributed by atoms with E-state index in [1.165, 1.54) is 37.1 Å². The first-order valence-electron chi connectivity index (χ1n) is 12.6. The average molecular weight is 434 g/mol. The highest BCUT2D eigenvalue weighted by molar-refractivity contribution is 5.30. The van der Waals surface area contributed by atoms with E-state index < -0.39 is 5.60 Å². The maximum Gasteiger partial charge on any atom is 0.0942 e. The predicted octanol–water partition coefficient (Wildman–Crippen LogP) is 3.60. The molecule has 4 nitrogen and oxygen atoms in total. The number of benzene rings is 2. The summed E-state index contributed by atoms with van der Waals surface area (Å²) in [4.78, 5) is 7.56. The fourth-order valence-electron chi connectivity index (χ4n) is 6.30. The fourth-order valence-corrected chi connectivity index (χ4v) is 6.30. The van der Waals surface area contributed by atoms with Gasteiger partial charge in [-0.1, -0.05) is 54.6 Å². The molecule has 0 amide bonds. The van der Waals surface area contributed by atoms with E-state index >= 15 is 0 Å². The summed E-state index contributed by atoms with van der Waals surface area (Å²) in [5.74, 6) is 0.975. The second-order valence-corrected chi connectivity index (χ2v) is 10.4. The minimum absolute atomic E-state index is 0.331. The third-order valence-electron chi connectivity index (χ3n) is 8.43. The summed E-state index contributed by atoms with van der Waals surface area (Å²) in [7, 11) is 2.21. The van der Waals surface area contributed by atoms with Crippen molar-refractivity contribution >= 4 is 0 Å². The van der Waals surface area contributed by atoms with Gasteiger partial charge in [0.05, 0.1) is 5.60 Å². The summed E-state index contributed by atoms with van der Waals surface area (Å²) in [5.41, 5.74) is 3.19. The van der Waals surface area contributed by atoms with E-state index in [9.17, 15) is 5.11 Å². The highest BCUT2D eigenvalue weighted by Crippen LogP contribution is 2.45. The molecule has 2 unspecified atom stereocenters. The van der Waals surface area contributed by atoms with Crippen LogP contribution in [0.3, 0.4) is 0 Å². The Morgan fingerprint density at radius 2 is 1.50 bits per heavy atom. The molecule has 0 radical (unpaired) electrons. The van der Waals surface area contributed by atoms with Crippen LogP contribution in [0.25, 0.3) is 0 Å². The maximum absolute atomic E-state index is 12.3. The zero-order valence-corrected chi connectivity index (χ0v) is 19.6. The van der Waals surface area contributed by atoms with E-state index in [4.69, 9.17) is 0 Å². The minimum atomic E-state index is -0.758. The third kappa shape index (κ3) is 4.65. The molecule has 4 aliphatic heterocycles. The number of aliphatic hydroxyl groups is 1. The number of hydrogen-bond acceptors (Lipinski definition) is 4. The molecule has 1 N–H and O–H groups in total. The molecule has 0 aromatic heterocycles. The Labute approximate surface area is 193 Å². The molecule has 6 rings (SSSR count). The van der Waals surface area contributed by atoms with Gasteiger partial charge >= 0.3 is 0 Å². The standard InChI is InChI=1S/C28H39N3O/c1-29-17-19-31(20-18-29)21-25-8-6-5-7-23(25)11-14-28(32,26-9-3-2-4-10-26)27-22-30-15-12-24(27)13-16-30/h2-10,24,27,32H,11-22H2,1H3. The lowest BCUT2D eigenvalue weighted by molar-refractivity contribution is -0.106. The van der Waals surface area contributed by atoms with Crippen LogP contribution in [0, 0.1) is 11.8 Å². The summed E-state index contributed by atoms with van der Waals surface area (Å²) in [5, 5.41) is 12.3. The molecule has 4 fully saturated rings. The first kappa shape index (κ1) is 22.1. The van der Waals surface area contributed by atoms with E-state index in [1.807, 2.05) is 0 Å². The third-order valence-corrected chi connectivity index (χ3v) is 8.43. The van der Waals surface area contributed by atoms with Crippen molar-refractivity contribution < 1.29 is 5.11 Å². The minimum Gasteiger partial charge on any atom is -0.385 e. The first-order chi connectivity index (χ1) is 15.6. The molecular formula is C28H39N3O. The lowest BCUT2D eigenvalue weighted by Crippen LogP contribution is -2.55. The van der Waals surface area contributed by atoms with Crippen molar-refractivity contribution in [1.29, 1.82) is 0 Å². The lowest BCUT2D eigenvalue weighted by atomic mass is 9.66. The monoisotopic (exact) mass is 433 g/mol. The van der Waals surface area contributed by atoms with Gasteiger partial charge in [0.1, 0.15) is 0 Å². The van der Waals surface area contributed by atoms with Gasteiger partial charge in [0.15, 0.2) is 0 Å². The Morgan fingerprint density at radius 1 is 0.844 bits per heavy atom. The highest BCUT2D eigenvalue weighted by Gasteiger charge is 2.47. The van der Waals surface area contributed by atoms with Gasteiger partial charge in [-0.05, 0) is 68.4 Å². The molecule has 4 saturated heterocycles. The second kappa shape index (κ2) is 9.64.